The van der Waals surface area contributed by atoms with Crippen molar-refractivity contribution in [3.63, 3.8) is 0 Å². The van der Waals surface area contributed by atoms with E-state index in [0.29, 0.717) is 12.2 Å². The summed E-state index contributed by atoms with van der Waals surface area (Å²) in [5, 5.41) is 3.66. The second-order valence-electron chi connectivity index (χ2n) is 6.44. The molecule has 0 bridgehead atoms. The van der Waals surface area contributed by atoms with Crippen molar-refractivity contribution in [2.24, 2.45) is 0 Å². The number of piperidine rings is 1. The second-order valence-corrected chi connectivity index (χ2v) is 6.44. The Kier molecular flexibility index (Phi) is 3.84. The van der Waals surface area contributed by atoms with Gasteiger partial charge in [-0.2, -0.15) is 0 Å². The molecule has 22 heavy (non-hydrogen) atoms. The van der Waals surface area contributed by atoms with E-state index in [4.69, 9.17) is 4.98 Å². The maximum Gasteiger partial charge on any atom is 0.161 e. The van der Waals surface area contributed by atoms with Gasteiger partial charge in [-0.3, -0.25) is 9.47 Å². The lowest BCUT2D eigenvalue weighted by atomic mass is 10.0. The number of pyridine rings is 1. The SMILES string of the molecule is CCN1CCCC1n1c(C2CCCCN2)nc2cccnc21. The summed E-state index contributed by atoms with van der Waals surface area (Å²) in [6.45, 7) is 5.63. The van der Waals surface area contributed by atoms with Crippen molar-refractivity contribution in [1.29, 1.82) is 0 Å². The molecule has 2 aliphatic heterocycles. The molecule has 2 atom stereocenters. The Morgan fingerprint density at radius 3 is 3.05 bits per heavy atom. The molecule has 0 radical (unpaired) electrons. The molecule has 0 spiro atoms. The van der Waals surface area contributed by atoms with Gasteiger partial charge in [-0.15, -0.1) is 0 Å². The smallest absolute Gasteiger partial charge is 0.161 e. The Morgan fingerprint density at radius 2 is 2.23 bits per heavy atom. The number of hydrogen-bond acceptors (Lipinski definition) is 4. The van der Waals surface area contributed by atoms with Crippen LogP contribution < -0.4 is 5.32 Å². The summed E-state index contributed by atoms with van der Waals surface area (Å²) >= 11 is 0. The van der Waals surface area contributed by atoms with Gasteiger partial charge in [0.25, 0.3) is 0 Å². The average molecular weight is 299 g/mol. The minimum absolute atomic E-state index is 0.377. The molecule has 4 rings (SSSR count). The highest BCUT2D eigenvalue weighted by atomic mass is 15.3. The van der Waals surface area contributed by atoms with Crippen molar-refractivity contribution in [2.45, 2.75) is 51.2 Å². The van der Waals surface area contributed by atoms with E-state index in [2.05, 4.69) is 32.8 Å². The number of hydrogen-bond donors (Lipinski definition) is 1. The number of rotatable bonds is 3. The molecule has 1 N–H and O–H groups in total. The number of aromatic nitrogens is 3. The third-order valence-corrected chi connectivity index (χ3v) is 5.13. The average Bonchev–Trinajstić information content (AvgIpc) is 3.19. The number of fused-ring (bicyclic) bond motifs is 1. The summed E-state index contributed by atoms with van der Waals surface area (Å²) in [7, 11) is 0. The number of likely N-dealkylation sites (tertiary alicyclic amines) is 1. The number of imidazole rings is 1. The van der Waals surface area contributed by atoms with Gasteiger partial charge in [-0.05, 0) is 50.9 Å². The molecule has 0 amide bonds. The molecule has 2 saturated heterocycles. The van der Waals surface area contributed by atoms with E-state index in [-0.39, 0.29) is 0 Å². The predicted octanol–water partition coefficient (Wildman–Crippen LogP) is 2.86. The molecular formula is C17H25N5. The molecule has 2 fully saturated rings. The van der Waals surface area contributed by atoms with Crippen LogP contribution in [0.4, 0.5) is 0 Å². The molecule has 2 unspecified atom stereocenters. The van der Waals surface area contributed by atoms with Gasteiger partial charge >= 0.3 is 0 Å². The Hall–Kier alpha value is -1.46. The van der Waals surface area contributed by atoms with Crippen molar-refractivity contribution in [3.8, 4) is 0 Å². The minimum Gasteiger partial charge on any atom is -0.307 e. The van der Waals surface area contributed by atoms with Crippen LogP contribution in [-0.4, -0.2) is 39.1 Å². The summed E-state index contributed by atoms with van der Waals surface area (Å²) in [5.74, 6) is 1.19. The summed E-state index contributed by atoms with van der Waals surface area (Å²) in [6, 6.07) is 4.46. The Balaban J connectivity index is 1.82. The maximum atomic E-state index is 4.96. The van der Waals surface area contributed by atoms with Crippen LogP contribution in [0.5, 0.6) is 0 Å². The Bertz CT molecular complexity index is 644. The molecular weight excluding hydrogens is 274 g/mol. The lowest BCUT2D eigenvalue weighted by Gasteiger charge is -2.29. The number of nitrogens with one attached hydrogen (secondary N) is 1. The lowest BCUT2D eigenvalue weighted by molar-refractivity contribution is 0.198. The molecule has 2 aromatic heterocycles. The fourth-order valence-corrected chi connectivity index (χ4v) is 4.03. The van der Waals surface area contributed by atoms with E-state index in [1.54, 1.807) is 0 Å². The van der Waals surface area contributed by atoms with Crippen LogP contribution in [-0.2, 0) is 0 Å². The zero-order chi connectivity index (χ0) is 14.9. The molecule has 0 aliphatic carbocycles. The Labute approximate surface area is 131 Å². The minimum atomic E-state index is 0.377. The van der Waals surface area contributed by atoms with Gasteiger partial charge in [-0.25, -0.2) is 9.97 Å². The first-order chi connectivity index (χ1) is 10.9. The molecule has 4 heterocycles. The van der Waals surface area contributed by atoms with Gasteiger partial charge in [0, 0.05) is 12.7 Å². The van der Waals surface area contributed by atoms with Crippen molar-refractivity contribution < 1.29 is 0 Å². The van der Waals surface area contributed by atoms with Gasteiger partial charge in [0.05, 0.1) is 12.2 Å². The number of nitrogens with zero attached hydrogens (tertiary/aromatic N) is 4. The van der Waals surface area contributed by atoms with E-state index >= 15 is 0 Å². The Morgan fingerprint density at radius 1 is 1.27 bits per heavy atom. The van der Waals surface area contributed by atoms with Crippen LogP contribution in [0.3, 0.4) is 0 Å². The zero-order valence-corrected chi connectivity index (χ0v) is 13.3. The first-order valence-corrected chi connectivity index (χ1v) is 8.68. The summed E-state index contributed by atoms with van der Waals surface area (Å²) in [6.07, 6.45) is 8.53. The fourth-order valence-electron chi connectivity index (χ4n) is 4.03. The lowest BCUT2D eigenvalue weighted by Crippen LogP contribution is -2.33. The molecule has 5 heteroatoms. The van der Waals surface area contributed by atoms with Crippen LogP contribution in [0.15, 0.2) is 18.3 Å². The highest BCUT2D eigenvalue weighted by Gasteiger charge is 2.31. The third-order valence-electron chi connectivity index (χ3n) is 5.13. The van der Waals surface area contributed by atoms with E-state index in [9.17, 15) is 0 Å². The first-order valence-electron chi connectivity index (χ1n) is 8.68. The van der Waals surface area contributed by atoms with Crippen LogP contribution >= 0.6 is 0 Å². The molecule has 2 aromatic rings. The monoisotopic (exact) mass is 299 g/mol. The van der Waals surface area contributed by atoms with Crippen LogP contribution in [0.2, 0.25) is 0 Å². The molecule has 5 nitrogen and oxygen atoms in total. The largest absolute Gasteiger partial charge is 0.307 e. The van der Waals surface area contributed by atoms with Crippen molar-refractivity contribution in [3.05, 3.63) is 24.2 Å². The first kappa shape index (κ1) is 14.2. The molecule has 0 aromatic carbocycles. The van der Waals surface area contributed by atoms with Crippen LogP contribution in [0, 0.1) is 0 Å². The summed E-state index contributed by atoms with van der Waals surface area (Å²) in [4.78, 5) is 12.2. The third kappa shape index (κ3) is 2.32. The quantitative estimate of drug-likeness (QED) is 0.946. The van der Waals surface area contributed by atoms with Gasteiger partial charge in [0.2, 0.25) is 0 Å². The fraction of sp³-hybridized carbons (Fsp3) is 0.647. The predicted molar refractivity (Wildman–Crippen MR) is 87.6 cm³/mol. The van der Waals surface area contributed by atoms with Crippen LogP contribution in [0.1, 0.15) is 57.1 Å². The van der Waals surface area contributed by atoms with Gasteiger partial charge in [-0.1, -0.05) is 13.3 Å². The maximum absolute atomic E-state index is 4.96. The second kappa shape index (κ2) is 5.97. The van der Waals surface area contributed by atoms with Crippen LogP contribution in [0.25, 0.3) is 11.2 Å². The zero-order valence-electron chi connectivity index (χ0n) is 13.3. The summed E-state index contributed by atoms with van der Waals surface area (Å²) < 4.78 is 2.43. The highest BCUT2D eigenvalue weighted by Crippen LogP contribution is 2.34. The molecule has 2 aliphatic rings. The van der Waals surface area contributed by atoms with E-state index < -0.39 is 0 Å². The molecule has 118 valence electrons. The van der Waals surface area contributed by atoms with E-state index in [1.165, 1.54) is 44.5 Å². The molecule has 0 saturated carbocycles. The normalized spacial score (nSPS) is 26.8. The topological polar surface area (TPSA) is 46.0 Å². The standard InChI is InChI=1S/C17H25N5/c1-2-21-12-6-9-15(21)22-16-14(8-5-11-19-16)20-17(22)13-7-3-4-10-18-13/h5,8,11,13,15,18H,2-4,6-7,9-10,12H2,1H3. The van der Waals surface area contributed by atoms with Crippen molar-refractivity contribution in [1.82, 2.24) is 24.8 Å². The van der Waals surface area contributed by atoms with E-state index in [1.807, 2.05) is 12.3 Å². The van der Waals surface area contributed by atoms with E-state index in [0.717, 1.165) is 24.3 Å². The van der Waals surface area contributed by atoms with Gasteiger partial charge < -0.3 is 5.32 Å². The van der Waals surface area contributed by atoms with Crippen molar-refractivity contribution >= 4 is 11.2 Å². The van der Waals surface area contributed by atoms with Gasteiger partial charge in [0.1, 0.15) is 11.3 Å². The van der Waals surface area contributed by atoms with Crippen molar-refractivity contribution in [2.75, 3.05) is 19.6 Å². The summed E-state index contributed by atoms with van der Waals surface area (Å²) in [5.41, 5.74) is 2.09. The van der Waals surface area contributed by atoms with Gasteiger partial charge in [0.15, 0.2) is 5.65 Å². The highest BCUT2D eigenvalue weighted by molar-refractivity contribution is 5.71.